The quantitative estimate of drug-likeness (QED) is 0.916. The van der Waals surface area contributed by atoms with Gasteiger partial charge in [0.1, 0.15) is 0 Å². The van der Waals surface area contributed by atoms with Crippen molar-refractivity contribution in [2.45, 2.75) is 38.1 Å². The Morgan fingerprint density at radius 1 is 1.20 bits per heavy atom. The Bertz CT molecular complexity index is 523. The Labute approximate surface area is 118 Å². The molecule has 0 radical (unpaired) electrons. The molecule has 1 aliphatic carbocycles. The number of aromatic carboxylic acids is 1. The number of aryl methyl sites for hydroxylation is 1. The number of likely N-dealkylation sites (tertiary alicyclic amines) is 1. The van der Waals surface area contributed by atoms with E-state index in [1.165, 1.54) is 19.3 Å². The average molecular weight is 273 g/mol. The Morgan fingerprint density at radius 2 is 1.95 bits per heavy atom. The summed E-state index contributed by atoms with van der Waals surface area (Å²) in [5.74, 6) is 0.0685. The Hall–Kier alpha value is -1.84. The molecule has 2 unspecified atom stereocenters. The summed E-state index contributed by atoms with van der Waals surface area (Å²) in [4.78, 5) is 25.0. The third-order valence-corrected chi connectivity index (χ3v) is 4.56. The zero-order chi connectivity index (χ0) is 14.1. The smallest absolute Gasteiger partial charge is 0.335 e. The van der Waals surface area contributed by atoms with Crippen LogP contribution in [0.25, 0.3) is 0 Å². The molecule has 2 aliphatic rings. The van der Waals surface area contributed by atoms with Crippen LogP contribution in [0.15, 0.2) is 24.3 Å². The van der Waals surface area contributed by atoms with Crippen LogP contribution in [0.5, 0.6) is 0 Å². The normalized spacial score (nSPS) is 24.1. The van der Waals surface area contributed by atoms with Crippen molar-refractivity contribution in [2.24, 2.45) is 5.92 Å². The number of hydrogen-bond donors (Lipinski definition) is 1. The van der Waals surface area contributed by atoms with Crippen molar-refractivity contribution in [1.82, 2.24) is 4.90 Å². The van der Waals surface area contributed by atoms with Gasteiger partial charge in [-0.15, -0.1) is 0 Å². The lowest BCUT2D eigenvalue weighted by molar-refractivity contribution is -0.132. The molecule has 0 spiro atoms. The number of carboxylic acids is 1. The number of carbonyl (C=O) groups is 2. The van der Waals surface area contributed by atoms with E-state index in [-0.39, 0.29) is 11.5 Å². The van der Waals surface area contributed by atoms with Gasteiger partial charge in [-0.1, -0.05) is 12.1 Å². The number of carboxylic acid groups (broad SMARTS) is 1. The SMILES string of the molecule is O=C(O)c1ccc(CCC(=O)N2CC3CCC2C3)cc1. The lowest BCUT2D eigenvalue weighted by atomic mass is 10.1. The summed E-state index contributed by atoms with van der Waals surface area (Å²) in [6.45, 7) is 0.946. The topological polar surface area (TPSA) is 57.6 Å². The van der Waals surface area contributed by atoms with E-state index in [1.54, 1.807) is 24.3 Å². The van der Waals surface area contributed by atoms with Gasteiger partial charge in [-0.05, 0) is 49.3 Å². The van der Waals surface area contributed by atoms with E-state index in [9.17, 15) is 9.59 Å². The molecular weight excluding hydrogens is 254 g/mol. The second kappa shape index (κ2) is 5.27. The maximum Gasteiger partial charge on any atom is 0.335 e. The van der Waals surface area contributed by atoms with E-state index in [0.717, 1.165) is 18.0 Å². The van der Waals surface area contributed by atoms with E-state index in [0.29, 0.717) is 18.9 Å². The van der Waals surface area contributed by atoms with Gasteiger partial charge >= 0.3 is 5.97 Å². The molecule has 1 aromatic carbocycles. The maximum absolute atomic E-state index is 12.2. The zero-order valence-corrected chi connectivity index (χ0v) is 11.4. The summed E-state index contributed by atoms with van der Waals surface area (Å²) in [5, 5.41) is 8.84. The fourth-order valence-corrected chi connectivity index (χ4v) is 3.44. The fourth-order valence-electron chi connectivity index (χ4n) is 3.44. The van der Waals surface area contributed by atoms with E-state index in [4.69, 9.17) is 5.11 Å². The van der Waals surface area contributed by atoms with Crippen LogP contribution in [0.4, 0.5) is 0 Å². The van der Waals surface area contributed by atoms with Crippen LogP contribution in [0.2, 0.25) is 0 Å². The summed E-state index contributed by atoms with van der Waals surface area (Å²) in [7, 11) is 0. The molecule has 1 aromatic rings. The first-order chi connectivity index (χ1) is 9.63. The minimum Gasteiger partial charge on any atom is -0.478 e. The lowest BCUT2D eigenvalue weighted by Gasteiger charge is -2.27. The number of nitrogens with zero attached hydrogens (tertiary/aromatic N) is 1. The molecule has 1 saturated carbocycles. The van der Waals surface area contributed by atoms with Gasteiger partial charge in [0.25, 0.3) is 0 Å². The monoisotopic (exact) mass is 273 g/mol. The summed E-state index contributed by atoms with van der Waals surface area (Å²) < 4.78 is 0. The lowest BCUT2D eigenvalue weighted by Crippen LogP contribution is -2.37. The van der Waals surface area contributed by atoms with Crippen LogP contribution in [0.3, 0.4) is 0 Å². The fraction of sp³-hybridized carbons (Fsp3) is 0.500. The van der Waals surface area contributed by atoms with Crippen molar-refractivity contribution < 1.29 is 14.7 Å². The largest absolute Gasteiger partial charge is 0.478 e. The highest BCUT2D eigenvalue weighted by Crippen LogP contribution is 2.37. The Morgan fingerprint density at radius 3 is 2.50 bits per heavy atom. The average Bonchev–Trinajstić information content (AvgIpc) is 3.08. The summed E-state index contributed by atoms with van der Waals surface area (Å²) >= 11 is 0. The van der Waals surface area contributed by atoms with E-state index < -0.39 is 5.97 Å². The van der Waals surface area contributed by atoms with Crippen molar-refractivity contribution >= 4 is 11.9 Å². The highest BCUT2D eigenvalue weighted by atomic mass is 16.4. The van der Waals surface area contributed by atoms with E-state index in [1.807, 2.05) is 0 Å². The minimum atomic E-state index is -0.916. The van der Waals surface area contributed by atoms with E-state index >= 15 is 0 Å². The number of hydrogen-bond acceptors (Lipinski definition) is 2. The standard InChI is InChI=1S/C16H19NO3/c18-15(17-10-12-3-7-14(17)9-12)8-4-11-1-5-13(6-2-11)16(19)20/h1-2,5-6,12,14H,3-4,7-10H2,(H,19,20). The van der Waals surface area contributed by atoms with Crippen molar-refractivity contribution in [1.29, 1.82) is 0 Å². The Kier molecular flexibility index (Phi) is 3.47. The van der Waals surface area contributed by atoms with Crippen molar-refractivity contribution in [3.8, 4) is 0 Å². The molecule has 2 bridgehead atoms. The molecule has 1 amide bonds. The van der Waals surface area contributed by atoms with Crippen LogP contribution < -0.4 is 0 Å². The van der Waals surface area contributed by atoms with Gasteiger partial charge in [0.05, 0.1) is 5.56 Å². The number of carbonyl (C=O) groups excluding carboxylic acids is 1. The number of amides is 1. The number of benzene rings is 1. The van der Waals surface area contributed by atoms with Gasteiger partial charge in [-0.25, -0.2) is 4.79 Å². The molecule has 4 heteroatoms. The Balaban J connectivity index is 1.54. The molecule has 3 rings (SSSR count). The van der Waals surface area contributed by atoms with Gasteiger partial charge in [0, 0.05) is 19.0 Å². The first-order valence-electron chi connectivity index (χ1n) is 7.25. The van der Waals surface area contributed by atoms with Gasteiger partial charge in [0.15, 0.2) is 0 Å². The predicted molar refractivity (Wildman–Crippen MR) is 74.6 cm³/mol. The molecular formula is C16H19NO3. The van der Waals surface area contributed by atoms with Crippen LogP contribution >= 0.6 is 0 Å². The molecule has 1 N–H and O–H groups in total. The second-order valence-electron chi connectivity index (χ2n) is 5.88. The van der Waals surface area contributed by atoms with Crippen LogP contribution in [-0.2, 0) is 11.2 Å². The van der Waals surface area contributed by atoms with Crippen molar-refractivity contribution in [2.75, 3.05) is 6.54 Å². The molecule has 1 aliphatic heterocycles. The van der Waals surface area contributed by atoms with Crippen LogP contribution in [-0.4, -0.2) is 34.5 Å². The van der Waals surface area contributed by atoms with Crippen molar-refractivity contribution in [3.63, 3.8) is 0 Å². The second-order valence-corrected chi connectivity index (χ2v) is 5.88. The number of rotatable bonds is 4. The van der Waals surface area contributed by atoms with Crippen LogP contribution in [0, 0.1) is 5.92 Å². The summed E-state index contributed by atoms with van der Waals surface area (Å²) in [6, 6.07) is 7.28. The third-order valence-electron chi connectivity index (χ3n) is 4.56. The predicted octanol–water partition coefficient (Wildman–Crippen LogP) is 2.33. The number of piperidine rings is 1. The first-order valence-corrected chi connectivity index (χ1v) is 7.25. The molecule has 2 atom stereocenters. The van der Waals surface area contributed by atoms with Gasteiger partial charge < -0.3 is 10.0 Å². The zero-order valence-electron chi connectivity index (χ0n) is 11.4. The van der Waals surface area contributed by atoms with Crippen LogP contribution in [0.1, 0.15) is 41.6 Å². The highest BCUT2D eigenvalue weighted by Gasteiger charge is 2.39. The minimum absolute atomic E-state index is 0.250. The molecule has 4 nitrogen and oxygen atoms in total. The van der Waals surface area contributed by atoms with E-state index in [2.05, 4.69) is 4.90 Å². The first kappa shape index (κ1) is 13.2. The molecule has 1 heterocycles. The van der Waals surface area contributed by atoms with Crippen molar-refractivity contribution in [3.05, 3.63) is 35.4 Å². The maximum atomic E-state index is 12.2. The van der Waals surface area contributed by atoms with Gasteiger partial charge in [-0.3, -0.25) is 4.79 Å². The molecule has 2 fully saturated rings. The number of fused-ring (bicyclic) bond motifs is 2. The summed E-state index contributed by atoms with van der Waals surface area (Å²) in [5.41, 5.74) is 1.31. The molecule has 106 valence electrons. The molecule has 0 aromatic heterocycles. The summed E-state index contributed by atoms with van der Waals surface area (Å²) in [6.07, 6.45) is 4.86. The molecule has 20 heavy (non-hydrogen) atoms. The van der Waals surface area contributed by atoms with Gasteiger partial charge in [0.2, 0.25) is 5.91 Å². The highest BCUT2D eigenvalue weighted by molar-refractivity contribution is 5.87. The third kappa shape index (κ3) is 2.55. The van der Waals surface area contributed by atoms with Gasteiger partial charge in [-0.2, -0.15) is 0 Å². The molecule has 1 saturated heterocycles.